The van der Waals surface area contributed by atoms with E-state index in [0.717, 1.165) is 18.7 Å². The molecule has 1 saturated carbocycles. The summed E-state index contributed by atoms with van der Waals surface area (Å²) >= 11 is 6.15. The van der Waals surface area contributed by atoms with Crippen LogP contribution in [0.25, 0.3) is 11.5 Å². The first-order chi connectivity index (χ1) is 9.74. The van der Waals surface area contributed by atoms with E-state index in [1.54, 1.807) is 18.3 Å². The van der Waals surface area contributed by atoms with Crippen LogP contribution in [0.15, 0.2) is 18.3 Å². The highest BCUT2D eigenvalue weighted by Crippen LogP contribution is 2.32. The van der Waals surface area contributed by atoms with Gasteiger partial charge in [-0.15, -0.1) is 0 Å². The van der Waals surface area contributed by atoms with Gasteiger partial charge in [0.25, 0.3) is 0 Å². The van der Waals surface area contributed by atoms with Crippen molar-refractivity contribution < 1.29 is 0 Å². The smallest absolute Gasteiger partial charge is 0.223 e. The average molecular weight is 290 g/mol. The Hall–Kier alpha value is -1.75. The molecule has 0 bridgehead atoms. The standard InChI is InChI=1S/C14H16ClN5/c15-10-7-4-8-17-11(10)13-18-12(19-14(16)20-13)9-5-2-1-3-6-9/h4,7-9H,1-3,5-6H2,(H2,16,18,19,20). The van der Waals surface area contributed by atoms with Gasteiger partial charge in [-0.3, -0.25) is 4.98 Å². The van der Waals surface area contributed by atoms with Crippen molar-refractivity contribution in [2.45, 2.75) is 38.0 Å². The number of halogens is 1. The van der Waals surface area contributed by atoms with E-state index in [4.69, 9.17) is 17.3 Å². The van der Waals surface area contributed by atoms with E-state index in [1.165, 1.54) is 19.3 Å². The predicted octanol–water partition coefficient (Wildman–Crippen LogP) is 3.22. The minimum Gasteiger partial charge on any atom is -0.368 e. The lowest BCUT2D eigenvalue weighted by atomic mass is 9.89. The van der Waals surface area contributed by atoms with Crippen LogP contribution in [-0.2, 0) is 0 Å². The molecule has 5 nitrogen and oxygen atoms in total. The summed E-state index contributed by atoms with van der Waals surface area (Å²) in [7, 11) is 0. The Kier molecular flexibility index (Phi) is 3.78. The van der Waals surface area contributed by atoms with Gasteiger partial charge < -0.3 is 5.73 Å². The van der Waals surface area contributed by atoms with E-state index in [0.29, 0.717) is 22.5 Å². The number of rotatable bonds is 2. The highest BCUT2D eigenvalue weighted by Gasteiger charge is 2.20. The van der Waals surface area contributed by atoms with Crippen molar-refractivity contribution in [1.29, 1.82) is 0 Å². The van der Waals surface area contributed by atoms with Crippen molar-refractivity contribution in [1.82, 2.24) is 19.9 Å². The minimum atomic E-state index is 0.234. The van der Waals surface area contributed by atoms with Gasteiger partial charge in [0.2, 0.25) is 5.95 Å². The molecule has 0 atom stereocenters. The van der Waals surface area contributed by atoms with Crippen LogP contribution in [0, 0.1) is 0 Å². The fraction of sp³-hybridized carbons (Fsp3) is 0.429. The zero-order valence-electron chi connectivity index (χ0n) is 11.1. The van der Waals surface area contributed by atoms with Crippen molar-refractivity contribution in [3.05, 3.63) is 29.2 Å². The molecule has 0 saturated heterocycles. The molecule has 2 heterocycles. The van der Waals surface area contributed by atoms with Crippen LogP contribution in [0.2, 0.25) is 5.02 Å². The summed E-state index contributed by atoms with van der Waals surface area (Å²) in [5, 5.41) is 0.521. The second-order valence-corrected chi connectivity index (χ2v) is 5.45. The minimum absolute atomic E-state index is 0.234. The molecular formula is C14H16ClN5. The predicted molar refractivity (Wildman–Crippen MR) is 78.3 cm³/mol. The van der Waals surface area contributed by atoms with Crippen LogP contribution < -0.4 is 5.73 Å². The molecule has 3 rings (SSSR count). The maximum absolute atomic E-state index is 6.15. The molecule has 0 radical (unpaired) electrons. The molecule has 104 valence electrons. The van der Waals surface area contributed by atoms with Gasteiger partial charge in [-0.25, -0.2) is 4.98 Å². The molecule has 1 aliphatic carbocycles. The first-order valence-corrected chi connectivity index (χ1v) is 7.24. The van der Waals surface area contributed by atoms with Crippen LogP contribution in [0.1, 0.15) is 43.8 Å². The Bertz CT molecular complexity index is 610. The molecule has 0 aromatic carbocycles. The first-order valence-electron chi connectivity index (χ1n) is 6.86. The zero-order chi connectivity index (χ0) is 13.9. The largest absolute Gasteiger partial charge is 0.368 e. The fourth-order valence-electron chi connectivity index (χ4n) is 2.61. The number of aromatic nitrogens is 4. The van der Waals surface area contributed by atoms with Crippen LogP contribution >= 0.6 is 11.6 Å². The monoisotopic (exact) mass is 289 g/mol. The van der Waals surface area contributed by atoms with Gasteiger partial charge in [0.15, 0.2) is 5.82 Å². The van der Waals surface area contributed by atoms with Gasteiger partial charge in [-0.05, 0) is 25.0 Å². The molecule has 0 spiro atoms. The SMILES string of the molecule is Nc1nc(-c2ncccc2Cl)nc(C2CCCCC2)n1. The second-order valence-electron chi connectivity index (χ2n) is 5.04. The number of pyridine rings is 1. The number of nitrogen functional groups attached to an aromatic ring is 1. The topological polar surface area (TPSA) is 77.6 Å². The summed E-state index contributed by atoms with van der Waals surface area (Å²) in [6, 6.07) is 3.54. The summed E-state index contributed by atoms with van der Waals surface area (Å²) in [6.07, 6.45) is 7.61. The van der Waals surface area contributed by atoms with E-state index in [-0.39, 0.29) is 5.95 Å². The molecule has 2 aromatic rings. The second kappa shape index (κ2) is 5.71. The highest BCUT2D eigenvalue weighted by atomic mass is 35.5. The van der Waals surface area contributed by atoms with E-state index in [1.807, 2.05) is 0 Å². The van der Waals surface area contributed by atoms with Crippen molar-refractivity contribution in [2.75, 3.05) is 5.73 Å². The number of anilines is 1. The van der Waals surface area contributed by atoms with Crippen molar-refractivity contribution in [3.8, 4) is 11.5 Å². The molecule has 20 heavy (non-hydrogen) atoms. The van der Waals surface area contributed by atoms with E-state index in [9.17, 15) is 0 Å². The molecule has 2 aromatic heterocycles. The Morgan fingerprint density at radius 2 is 1.90 bits per heavy atom. The van der Waals surface area contributed by atoms with Gasteiger partial charge in [0, 0.05) is 12.1 Å². The van der Waals surface area contributed by atoms with Crippen LogP contribution in [-0.4, -0.2) is 19.9 Å². The first kappa shape index (κ1) is 13.2. The van der Waals surface area contributed by atoms with E-state index >= 15 is 0 Å². The number of hydrogen-bond donors (Lipinski definition) is 1. The van der Waals surface area contributed by atoms with Gasteiger partial charge in [-0.1, -0.05) is 30.9 Å². The molecule has 0 amide bonds. The lowest BCUT2D eigenvalue weighted by Crippen LogP contribution is -2.12. The number of nitrogens with zero attached hydrogens (tertiary/aromatic N) is 4. The molecule has 2 N–H and O–H groups in total. The quantitative estimate of drug-likeness (QED) is 0.918. The molecule has 1 fully saturated rings. The lowest BCUT2D eigenvalue weighted by Gasteiger charge is -2.20. The highest BCUT2D eigenvalue weighted by molar-refractivity contribution is 6.32. The molecule has 6 heteroatoms. The van der Waals surface area contributed by atoms with Gasteiger partial charge >= 0.3 is 0 Å². The van der Waals surface area contributed by atoms with Crippen LogP contribution in [0.5, 0.6) is 0 Å². The summed E-state index contributed by atoms with van der Waals surface area (Å²) in [5.74, 6) is 1.84. The Labute approximate surface area is 122 Å². The Balaban J connectivity index is 2.00. The molecule has 0 unspecified atom stereocenters. The maximum atomic E-state index is 6.15. The van der Waals surface area contributed by atoms with Crippen LogP contribution in [0.3, 0.4) is 0 Å². The molecule has 0 aliphatic heterocycles. The van der Waals surface area contributed by atoms with Crippen LogP contribution in [0.4, 0.5) is 5.95 Å². The summed E-state index contributed by atoms with van der Waals surface area (Å²) in [6.45, 7) is 0. The number of hydrogen-bond acceptors (Lipinski definition) is 5. The van der Waals surface area contributed by atoms with Gasteiger partial charge in [0.05, 0.1) is 5.02 Å². The zero-order valence-corrected chi connectivity index (χ0v) is 11.8. The van der Waals surface area contributed by atoms with Gasteiger partial charge in [-0.2, -0.15) is 9.97 Å². The molecule has 1 aliphatic rings. The molecular weight excluding hydrogens is 274 g/mol. The summed E-state index contributed by atoms with van der Waals surface area (Å²) in [4.78, 5) is 17.2. The van der Waals surface area contributed by atoms with E-state index in [2.05, 4.69) is 19.9 Å². The summed E-state index contributed by atoms with van der Waals surface area (Å²) < 4.78 is 0. The van der Waals surface area contributed by atoms with Gasteiger partial charge in [0.1, 0.15) is 11.5 Å². The summed E-state index contributed by atoms with van der Waals surface area (Å²) in [5.41, 5.74) is 6.38. The normalized spacial score (nSPS) is 16.2. The fourth-order valence-corrected chi connectivity index (χ4v) is 2.81. The number of nitrogens with two attached hydrogens (primary N) is 1. The van der Waals surface area contributed by atoms with Crippen molar-refractivity contribution in [3.63, 3.8) is 0 Å². The third-order valence-electron chi connectivity index (χ3n) is 3.61. The Morgan fingerprint density at radius 1 is 1.10 bits per heavy atom. The third kappa shape index (κ3) is 2.72. The average Bonchev–Trinajstić information content (AvgIpc) is 2.48. The lowest BCUT2D eigenvalue weighted by molar-refractivity contribution is 0.428. The van der Waals surface area contributed by atoms with Crippen molar-refractivity contribution in [2.24, 2.45) is 0 Å². The maximum Gasteiger partial charge on any atom is 0.223 e. The Morgan fingerprint density at radius 3 is 2.65 bits per heavy atom. The van der Waals surface area contributed by atoms with Crippen molar-refractivity contribution >= 4 is 17.5 Å². The third-order valence-corrected chi connectivity index (χ3v) is 3.92. The van der Waals surface area contributed by atoms with E-state index < -0.39 is 0 Å².